The van der Waals surface area contributed by atoms with Crippen LogP contribution in [0.25, 0.3) is 0 Å². The molecule has 0 spiro atoms. The van der Waals surface area contributed by atoms with Crippen molar-refractivity contribution < 1.29 is 4.74 Å². The molecular weight excluding hydrogens is 260 g/mol. The van der Waals surface area contributed by atoms with Gasteiger partial charge in [0, 0.05) is 4.90 Å². The van der Waals surface area contributed by atoms with Gasteiger partial charge in [-0.05, 0) is 36.9 Å². The topological polar surface area (TPSA) is 73.1 Å². The molecule has 100 valence electrons. The molecule has 0 radical (unpaired) electrons. The Morgan fingerprint density at radius 2 is 2.00 bits per heavy atom. The molecule has 0 saturated heterocycles. The molecular formula is C13H16N4OS. The summed E-state index contributed by atoms with van der Waals surface area (Å²) in [6.07, 6.45) is 4.20. The normalized spacial score (nSPS) is 10.3. The highest BCUT2D eigenvalue weighted by atomic mass is 32.2. The van der Waals surface area contributed by atoms with Crippen LogP contribution < -0.4 is 16.0 Å². The van der Waals surface area contributed by atoms with Crippen LogP contribution in [-0.2, 0) is 6.42 Å². The number of hydrogen-bond donors (Lipinski definition) is 2. The molecule has 0 bridgehead atoms. The molecule has 0 aliphatic rings. The molecule has 1 aromatic heterocycles. The van der Waals surface area contributed by atoms with E-state index >= 15 is 0 Å². The summed E-state index contributed by atoms with van der Waals surface area (Å²) in [4.78, 5) is 9.42. The van der Waals surface area contributed by atoms with Gasteiger partial charge in [-0.3, -0.25) is 0 Å². The van der Waals surface area contributed by atoms with E-state index in [1.54, 1.807) is 11.8 Å². The second kappa shape index (κ2) is 6.40. The molecule has 0 aliphatic carbocycles. The van der Waals surface area contributed by atoms with Crippen molar-refractivity contribution in [2.24, 2.45) is 5.84 Å². The first-order valence-corrected chi connectivity index (χ1v) is 7.13. The van der Waals surface area contributed by atoms with Crippen molar-refractivity contribution >= 4 is 17.6 Å². The number of nitrogen functional groups attached to an aromatic ring is 1. The molecule has 0 fully saturated rings. The lowest BCUT2D eigenvalue weighted by Crippen LogP contribution is -2.12. The lowest BCUT2D eigenvalue weighted by molar-refractivity contribution is 0.455. The summed E-state index contributed by atoms with van der Waals surface area (Å²) in [5.41, 5.74) is 3.42. The number of thioether (sulfide) groups is 1. The fourth-order valence-corrected chi connectivity index (χ4v) is 2.09. The minimum Gasteiger partial charge on any atom is -0.439 e. The van der Waals surface area contributed by atoms with Crippen LogP contribution in [0.1, 0.15) is 12.5 Å². The van der Waals surface area contributed by atoms with Crippen LogP contribution in [0, 0.1) is 0 Å². The average molecular weight is 276 g/mol. The van der Waals surface area contributed by atoms with Crippen LogP contribution in [0.3, 0.4) is 0 Å². The summed E-state index contributed by atoms with van der Waals surface area (Å²) < 4.78 is 5.79. The third-order valence-corrected chi connectivity index (χ3v) is 3.41. The Balaban J connectivity index is 2.26. The number of nitrogens with zero attached hydrogens (tertiary/aromatic N) is 2. The van der Waals surface area contributed by atoms with Crippen molar-refractivity contribution in [3.63, 3.8) is 0 Å². The monoisotopic (exact) mass is 276 g/mol. The summed E-state index contributed by atoms with van der Waals surface area (Å²) in [6.45, 7) is 2.00. The molecule has 5 nitrogen and oxygen atoms in total. The standard InChI is InChI=1S/C13H16N4OS/c1-3-11-12(17-14)15-8-16-13(11)18-9-4-6-10(19-2)7-5-9/h4-8H,3,14H2,1-2H3,(H,15,16,17). The van der Waals surface area contributed by atoms with Gasteiger partial charge in [0.25, 0.3) is 0 Å². The number of ether oxygens (including phenoxy) is 1. The van der Waals surface area contributed by atoms with E-state index in [4.69, 9.17) is 10.6 Å². The van der Waals surface area contributed by atoms with E-state index in [0.717, 1.165) is 17.7 Å². The Bertz CT molecular complexity index is 545. The quantitative estimate of drug-likeness (QED) is 0.497. The van der Waals surface area contributed by atoms with Crippen molar-refractivity contribution in [2.45, 2.75) is 18.2 Å². The minimum atomic E-state index is 0.530. The molecule has 2 aromatic rings. The number of nitrogens with one attached hydrogen (secondary N) is 1. The SMILES string of the molecule is CCc1c(NN)ncnc1Oc1ccc(SC)cc1. The second-order valence-corrected chi connectivity index (χ2v) is 4.66. The molecule has 0 atom stereocenters. The number of hydrogen-bond acceptors (Lipinski definition) is 6. The highest BCUT2D eigenvalue weighted by Crippen LogP contribution is 2.28. The molecule has 19 heavy (non-hydrogen) atoms. The molecule has 0 amide bonds. The first-order chi connectivity index (χ1) is 9.28. The van der Waals surface area contributed by atoms with Gasteiger partial charge < -0.3 is 10.2 Å². The first kappa shape index (κ1) is 13.6. The molecule has 0 saturated carbocycles. The van der Waals surface area contributed by atoms with Crippen LogP contribution in [0.15, 0.2) is 35.5 Å². The summed E-state index contributed by atoms with van der Waals surface area (Å²) in [7, 11) is 0. The number of nitrogens with two attached hydrogens (primary N) is 1. The van der Waals surface area contributed by atoms with Gasteiger partial charge in [0.2, 0.25) is 5.88 Å². The number of hydrazine groups is 1. The maximum absolute atomic E-state index is 5.79. The molecule has 2 rings (SSSR count). The van der Waals surface area contributed by atoms with Crippen molar-refractivity contribution in [1.29, 1.82) is 0 Å². The zero-order valence-electron chi connectivity index (χ0n) is 10.9. The van der Waals surface area contributed by atoms with E-state index < -0.39 is 0 Å². The molecule has 1 aromatic carbocycles. The number of aromatic nitrogens is 2. The van der Waals surface area contributed by atoms with Gasteiger partial charge in [-0.15, -0.1) is 11.8 Å². The van der Waals surface area contributed by atoms with E-state index in [1.807, 2.05) is 37.4 Å². The van der Waals surface area contributed by atoms with Gasteiger partial charge >= 0.3 is 0 Å². The van der Waals surface area contributed by atoms with Crippen LogP contribution in [-0.4, -0.2) is 16.2 Å². The Labute approximate surface area is 116 Å². The molecule has 3 N–H and O–H groups in total. The molecule has 0 unspecified atom stereocenters. The fourth-order valence-electron chi connectivity index (χ4n) is 1.68. The number of rotatable bonds is 5. The predicted octanol–water partition coefficient (Wildman–Crippen LogP) is 2.84. The predicted molar refractivity (Wildman–Crippen MR) is 77.5 cm³/mol. The third-order valence-electron chi connectivity index (χ3n) is 2.67. The van der Waals surface area contributed by atoms with Crippen LogP contribution in [0.4, 0.5) is 5.82 Å². The van der Waals surface area contributed by atoms with E-state index in [-0.39, 0.29) is 0 Å². The summed E-state index contributed by atoms with van der Waals surface area (Å²) >= 11 is 1.69. The fraction of sp³-hybridized carbons (Fsp3) is 0.231. The number of benzene rings is 1. The van der Waals surface area contributed by atoms with Gasteiger partial charge in [0.15, 0.2) is 0 Å². The van der Waals surface area contributed by atoms with Gasteiger partial charge in [-0.1, -0.05) is 6.92 Å². The van der Waals surface area contributed by atoms with Crippen LogP contribution in [0.5, 0.6) is 11.6 Å². The van der Waals surface area contributed by atoms with Gasteiger partial charge in [0.1, 0.15) is 17.9 Å². The summed E-state index contributed by atoms with van der Waals surface area (Å²) in [5, 5.41) is 0. The van der Waals surface area contributed by atoms with E-state index in [2.05, 4.69) is 15.4 Å². The molecule has 1 heterocycles. The Morgan fingerprint density at radius 1 is 1.26 bits per heavy atom. The Hall–Kier alpha value is -1.79. The van der Waals surface area contributed by atoms with Crippen molar-refractivity contribution in [1.82, 2.24) is 9.97 Å². The third kappa shape index (κ3) is 3.15. The van der Waals surface area contributed by atoms with Crippen LogP contribution >= 0.6 is 11.8 Å². The van der Waals surface area contributed by atoms with Crippen molar-refractivity contribution in [2.75, 3.05) is 11.7 Å². The minimum absolute atomic E-state index is 0.530. The molecule has 6 heteroatoms. The maximum atomic E-state index is 5.79. The van der Waals surface area contributed by atoms with Crippen molar-refractivity contribution in [3.05, 3.63) is 36.2 Å². The van der Waals surface area contributed by atoms with Gasteiger partial charge in [0.05, 0.1) is 5.56 Å². The zero-order chi connectivity index (χ0) is 13.7. The Kier molecular flexibility index (Phi) is 4.59. The lowest BCUT2D eigenvalue weighted by atomic mass is 10.2. The smallest absolute Gasteiger partial charge is 0.227 e. The Morgan fingerprint density at radius 3 is 2.58 bits per heavy atom. The highest BCUT2D eigenvalue weighted by Gasteiger charge is 2.10. The largest absolute Gasteiger partial charge is 0.439 e. The van der Waals surface area contributed by atoms with Crippen LogP contribution in [0.2, 0.25) is 0 Å². The maximum Gasteiger partial charge on any atom is 0.227 e. The van der Waals surface area contributed by atoms with E-state index in [0.29, 0.717) is 11.7 Å². The highest BCUT2D eigenvalue weighted by molar-refractivity contribution is 7.98. The van der Waals surface area contributed by atoms with Gasteiger partial charge in [-0.25, -0.2) is 15.8 Å². The van der Waals surface area contributed by atoms with E-state index in [1.165, 1.54) is 11.2 Å². The van der Waals surface area contributed by atoms with Crippen molar-refractivity contribution in [3.8, 4) is 11.6 Å². The first-order valence-electron chi connectivity index (χ1n) is 5.90. The second-order valence-electron chi connectivity index (χ2n) is 3.78. The molecule has 0 aliphatic heterocycles. The lowest BCUT2D eigenvalue weighted by Gasteiger charge is -2.11. The number of anilines is 1. The summed E-state index contributed by atoms with van der Waals surface area (Å²) in [5.74, 6) is 7.29. The summed E-state index contributed by atoms with van der Waals surface area (Å²) in [6, 6.07) is 7.86. The zero-order valence-corrected chi connectivity index (χ0v) is 11.7. The average Bonchev–Trinajstić information content (AvgIpc) is 2.47. The van der Waals surface area contributed by atoms with Gasteiger partial charge in [-0.2, -0.15) is 0 Å². The van der Waals surface area contributed by atoms with E-state index in [9.17, 15) is 0 Å².